The average Bonchev–Trinajstić information content (AvgIpc) is 3.12. The lowest BCUT2D eigenvalue weighted by atomic mass is 10.2. The summed E-state index contributed by atoms with van der Waals surface area (Å²) in [6.07, 6.45) is 6.09. The highest BCUT2D eigenvalue weighted by Crippen LogP contribution is 2.21. The zero-order valence-corrected chi connectivity index (χ0v) is 15.2. The van der Waals surface area contributed by atoms with Crippen LogP contribution in [0.2, 0.25) is 0 Å². The predicted octanol–water partition coefficient (Wildman–Crippen LogP) is 1.52. The number of aromatic nitrogens is 2. The highest BCUT2D eigenvalue weighted by atomic mass is 32.2. The standard InChI is InChI=1S/C18H18N4O3S/c1-12-3-5-15(6-4-12)26(24,25)17-8-7-16(22-17)18(23)21-11-14-9-19-13(2)20-10-14/h3-10,17H,11H2,1-2H3,(H,21,23). The first-order chi connectivity index (χ1) is 12.4. The molecule has 26 heavy (non-hydrogen) atoms. The molecule has 1 unspecified atom stereocenters. The lowest BCUT2D eigenvalue weighted by molar-refractivity contribution is -0.114. The van der Waals surface area contributed by atoms with Crippen molar-refractivity contribution in [3.8, 4) is 0 Å². The Balaban J connectivity index is 1.69. The van der Waals surface area contributed by atoms with E-state index in [0.29, 0.717) is 5.82 Å². The van der Waals surface area contributed by atoms with Crippen LogP contribution in [-0.2, 0) is 21.2 Å². The summed E-state index contributed by atoms with van der Waals surface area (Å²) in [6.45, 7) is 3.89. The highest BCUT2D eigenvalue weighted by Gasteiger charge is 2.29. The predicted molar refractivity (Wildman–Crippen MR) is 97.3 cm³/mol. The van der Waals surface area contributed by atoms with Crippen molar-refractivity contribution in [2.75, 3.05) is 0 Å². The van der Waals surface area contributed by atoms with Crippen molar-refractivity contribution < 1.29 is 13.2 Å². The third-order valence-electron chi connectivity index (χ3n) is 3.87. The van der Waals surface area contributed by atoms with Crippen molar-refractivity contribution in [1.29, 1.82) is 0 Å². The molecule has 2 aromatic rings. The van der Waals surface area contributed by atoms with Crippen LogP contribution in [0.3, 0.4) is 0 Å². The molecule has 1 atom stereocenters. The molecule has 7 nitrogen and oxygen atoms in total. The lowest BCUT2D eigenvalue weighted by Gasteiger charge is -2.08. The molecule has 2 heterocycles. The first-order valence-corrected chi connectivity index (χ1v) is 9.53. The third-order valence-corrected chi connectivity index (χ3v) is 5.70. The fourth-order valence-corrected chi connectivity index (χ4v) is 3.69. The van der Waals surface area contributed by atoms with Crippen LogP contribution in [0.25, 0.3) is 0 Å². The number of amides is 1. The fraction of sp³-hybridized carbons (Fsp3) is 0.222. The van der Waals surface area contributed by atoms with Crippen molar-refractivity contribution >= 4 is 21.5 Å². The molecule has 0 saturated carbocycles. The van der Waals surface area contributed by atoms with Crippen LogP contribution < -0.4 is 5.32 Å². The summed E-state index contributed by atoms with van der Waals surface area (Å²) in [6, 6.07) is 6.55. The van der Waals surface area contributed by atoms with E-state index in [2.05, 4.69) is 20.3 Å². The maximum absolute atomic E-state index is 12.6. The van der Waals surface area contributed by atoms with Crippen LogP contribution in [-0.4, -0.2) is 35.4 Å². The molecule has 1 aromatic heterocycles. The van der Waals surface area contributed by atoms with E-state index in [1.54, 1.807) is 43.6 Å². The smallest absolute Gasteiger partial charge is 0.269 e. The van der Waals surface area contributed by atoms with Crippen molar-refractivity contribution in [2.24, 2.45) is 4.99 Å². The Morgan fingerprint density at radius 3 is 2.42 bits per heavy atom. The summed E-state index contributed by atoms with van der Waals surface area (Å²) in [4.78, 5) is 24.6. The summed E-state index contributed by atoms with van der Waals surface area (Å²) < 4.78 is 25.2. The van der Waals surface area contributed by atoms with Gasteiger partial charge in [-0.15, -0.1) is 0 Å². The van der Waals surface area contributed by atoms with Crippen LogP contribution in [0, 0.1) is 13.8 Å². The normalized spacial score (nSPS) is 16.4. The monoisotopic (exact) mass is 370 g/mol. The minimum Gasteiger partial charge on any atom is -0.347 e. The number of rotatable bonds is 5. The summed E-state index contributed by atoms with van der Waals surface area (Å²) >= 11 is 0. The SMILES string of the molecule is Cc1ccc(S(=O)(=O)C2C=CC(C(=O)NCc3cnc(C)nc3)=N2)cc1. The van der Waals surface area contributed by atoms with E-state index in [4.69, 9.17) is 0 Å². The Labute approximate surface area is 151 Å². The van der Waals surface area contributed by atoms with Gasteiger partial charge < -0.3 is 5.32 Å². The summed E-state index contributed by atoms with van der Waals surface area (Å²) in [5, 5.41) is 1.59. The number of benzene rings is 1. The van der Waals surface area contributed by atoms with E-state index in [9.17, 15) is 13.2 Å². The second kappa shape index (κ2) is 7.17. The lowest BCUT2D eigenvalue weighted by Crippen LogP contribution is -2.29. The summed E-state index contributed by atoms with van der Waals surface area (Å²) in [7, 11) is -3.67. The van der Waals surface area contributed by atoms with Gasteiger partial charge in [-0.3, -0.25) is 9.79 Å². The minimum absolute atomic E-state index is 0.0821. The topological polar surface area (TPSA) is 101 Å². The van der Waals surface area contributed by atoms with Crippen LogP contribution >= 0.6 is 0 Å². The quantitative estimate of drug-likeness (QED) is 0.860. The number of sulfone groups is 1. The van der Waals surface area contributed by atoms with Crippen molar-refractivity contribution in [3.63, 3.8) is 0 Å². The molecule has 0 spiro atoms. The minimum atomic E-state index is -3.67. The van der Waals surface area contributed by atoms with E-state index in [0.717, 1.165) is 11.1 Å². The zero-order valence-electron chi connectivity index (χ0n) is 14.4. The van der Waals surface area contributed by atoms with Gasteiger partial charge in [0.1, 0.15) is 11.5 Å². The van der Waals surface area contributed by atoms with E-state index < -0.39 is 21.1 Å². The number of hydrogen-bond acceptors (Lipinski definition) is 6. The highest BCUT2D eigenvalue weighted by molar-refractivity contribution is 7.92. The van der Waals surface area contributed by atoms with Crippen LogP contribution in [0.1, 0.15) is 17.0 Å². The summed E-state index contributed by atoms with van der Waals surface area (Å²) in [5.41, 5.74) is 1.80. The van der Waals surface area contributed by atoms with Gasteiger partial charge in [-0.1, -0.05) is 17.7 Å². The van der Waals surface area contributed by atoms with Gasteiger partial charge in [-0.2, -0.15) is 0 Å². The van der Waals surface area contributed by atoms with Crippen LogP contribution in [0.4, 0.5) is 0 Å². The molecule has 1 N–H and O–H groups in total. The van der Waals surface area contributed by atoms with Gasteiger partial charge in [0.25, 0.3) is 5.91 Å². The van der Waals surface area contributed by atoms with E-state index in [1.165, 1.54) is 12.2 Å². The Kier molecular flexibility index (Phi) is 4.94. The number of nitrogens with one attached hydrogen (secondary N) is 1. The number of nitrogens with zero attached hydrogens (tertiary/aromatic N) is 3. The van der Waals surface area contributed by atoms with Crippen LogP contribution in [0.15, 0.2) is 58.7 Å². The van der Waals surface area contributed by atoms with E-state index in [1.807, 2.05) is 6.92 Å². The maximum atomic E-state index is 12.6. The van der Waals surface area contributed by atoms with Gasteiger partial charge in [-0.25, -0.2) is 18.4 Å². The molecule has 0 aliphatic carbocycles. The molecule has 1 aliphatic rings. The molecule has 0 fully saturated rings. The first-order valence-electron chi connectivity index (χ1n) is 7.98. The van der Waals surface area contributed by atoms with Crippen molar-refractivity contribution in [1.82, 2.24) is 15.3 Å². The maximum Gasteiger partial charge on any atom is 0.269 e. The molecule has 8 heteroatoms. The molecule has 3 rings (SSSR count). The number of hydrogen-bond donors (Lipinski definition) is 1. The largest absolute Gasteiger partial charge is 0.347 e. The van der Waals surface area contributed by atoms with E-state index >= 15 is 0 Å². The molecular weight excluding hydrogens is 352 g/mol. The van der Waals surface area contributed by atoms with E-state index in [-0.39, 0.29) is 17.2 Å². The number of aryl methyl sites for hydroxylation is 2. The second-order valence-corrected chi connectivity index (χ2v) is 7.99. The zero-order chi connectivity index (χ0) is 18.7. The Morgan fingerprint density at radius 2 is 1.77 bits per heavy atom. The van der Waals surface area contributed by atoms with Crippen molar-refractivity contribution in [3.05, 3.63) is 65.8 Å². The number of carbonyl (C=O) groups is 1. The Hall–Kier alpha value is -2.87. The number of aliphatic imine (C=N–C) groups is 1. The molecule has 134 valence electrons. The molecule has 1 aliphatic heterocycles. The van der Waals surface area contributed by atoms with Gasteiger partial charge in [0.05, 0.1) is 4.90 Å². The fourth-order valence-electron chi connectivity index (χ4n) is 2.35. The summed E-state index contributed by atoms with van der Waals surface area (Å²) in [5.74, 6) is 0.204. The third kappa shape index (κ3) is 3.85. The molecule has 0 saturated heterocycles. The average molecular weight is 370 g/mol. The van der Waals surface area contributed by atoms with Crippen molar-refractivity contribution in [2.45, 2.75) is 30.7 Å². The van der Waals surface area contributed by atoms with Gasteiger partial charge >= 0.3 is 0 Å². The molecule has 1 amide bonds. The Bertz CT molecular complexity index is 978. The van der Waals surface area contributed by atoms with Crippen LogP contribution in [0.5, 0.6) is 0 Å². The van der Waals surface area contributed by atoms with Gasteiger partial charge in [0.2, 0.25) is 9.84 Å². The molecule has 1 aromatic carbocycles. The van der Waals surface area contributed by atoms with Gasteiger partial charge in [0, 0.05) is 24.5 Å². The number of carbonyl (C=O) groups excluding carboxylic acids is 1. The molecule has 0 radical (unpaired) electrons. The Morgan fingerprint density at radius 1 is 1.12 bits per heavy atom. The van der Waals surface area contributed by atoms with Gasteiger partial charge in [-0.05, 0) is 38.1 Å². The molecule has 0 bridgehead atoms. The second-order valence-electron chi connectivity index (χ2n) is 5.94. The first kappa shape index (κ1) is 17.9. The molecular formula is C18H18N4O3S. The van der Waals surface area contributed by atoms with Gasteiger partial charge in [0.15, 0.2) is 5.37 Å².